The van der Waals surface area contributed by atoms with Gasteiger partial charge in [-0.2, -0.15) is 0 Å². The van der Waals surface area contributed by atoms with Gasteiger partial charge in [0.05, 0.1) is 18.5 Å². The van der Waals surface area contributed by atoms with Gasteiger partial charge in [-0.25, -0.2) is 9.97 Å². The number of rotatable bonds is 29. The number of aromatic nitrogens is 2. The molecule has 2 aromatic heterocycles. The highest BCUT2D eigenvalue weighted by molar-refractivity contribution is 7.14. The first kappa shape index (κ1) is 50.7. The summed E-state index contributed by atoms with van der Waals surface area (Å²) < 4.78 is 5.41. The monoisotopic (exact) mass is 865 g/mol. The number of methoxy groups -OCH3 is 1. The van der Waals surface area contributed by atoms with E-state index in [1.807, 2.05) is 24.3 Å². The van der Waals surface area contributed by atoms with E-state index >= 15 is 0 Å². The molecule has 4 aromatic rings. The summed E-state index contributed by atoms with van der Waals surface area (Å²) in [6, 6.07) is 16.3. The van der Waals surface area contributed by atoms with E-state index in [0.717, 1.165) is 83.1 Å². The summed E-state index contributed by atoms with van der Waals surface area (Å²) in [5, 5.41) is 7.54. The number of anilines is 2. The third kappa shape index (κ3) is 18.1. The van der Waals surface area contributed by atoms with Gasteiger partial charge >= 0.3 is 0 Å². The van der Waals surface area contributed by atoms with Crippen LogP contribution < -0.4 is 14.5 Å². The predicted molar refractivity (Wildman–Crippen MR) is 264 cm³/mol. The van der Waals surface area contributed by atoms with E-state index in [0.29, 0.717) is 0 Å². The Morgan fingerprint density at radius 1 is 0.542 bits per heavy atom. The zero-order valence-electron chi connectivity index (χ0n) is 38.6. The lowest BCUT2D eigenvalue weighted by atomic mass is 9.96. The van der Waals surface area contributed by atoms with Crippen LogP contribution in [0.5, 0.6) is 5.75 Å². The van der Waals surface area contributed by atoms with Gasteiger partial charge in [-0.3, -0.25) is 0 Å². The minimum atomic E-state index is 0.748. The Bertz CT molecular complexity index is 1600. The zero-order valence-corrected chi connectivity index (χ0v) is 41.0. The van der Waals surface area contributed by atoms with Gasteiger partial charge in [0.2, 0.25) is 0 Å². The van der Waals surface area contributed by atoms with Crippen LogP contribution in [0.1, 0.15) is 158 Å². The second-order valence-electron chi connectivity index (χ2n) is 16.7. The summed E-state index contributed by atoms with van der Waals surface area (Å²) in [7, 11) is 1.72. The maximum absolute atomic E-state index is 6.06. The van der Waals surface area contributed by atoms with Crippen LogP contribution in [0.15, 0.2) is 59.3 Å². The number of halogens is 1. The minimum absolute atomic E-state index is 0.748. The van der Waals surface area contributed by atoms with Crippen LogP contribution in [-0.4, -0.2) is 43.3 Å². The average molecular weight is 866 g/mol. The summed E-state index contributed by atoms with van der Waals surface area (Å²) in [6.45, 7) is 23.1. The van der Waals surface area contributed by atoms with E-state index < -0.39 is 0 Å². The zero-order chi connectivity index (χ0) is 42.8. The summed E-state index contributed by atoms with van der Waals surface area (Å²) in [5.41, 5.74) is 4.40. The number of unbranched alkanes of at least 4 members (excludes halogenated alkanes) is 4. The Kier molecular flexibility index (Phi) is 25.5. The summed E-state index contributed by atoms with van der Waals surface area (Å²) in [6.07, 6.45) is 20.7. The Morgan fingerprint density at radius 2 is 0.932 bits per heavy atom. The lowest BCUT2D eigenvalue weighted by Crippen LogP contribution is -2.34. The van der Waals surface area contributed by atoms with Crippen molar-refractivity contribution in [1.82, 2.24) is 9.97 Å². The number of hydrogen-bond acceptors (Lipinski definition) is 7. The molecule has 0 saturated carbocycles. The maximum Gasteiger partial charge on any atom is 0.185 e. The first-order valence-electron chi connectivity index (χ1n) is 23.6. The van der Waals surface area contributed by atoms with Gasteiger partial charge in [0, 0.05) is 53.1 Å². The largest absolute Gasteiger partial charge is 0.497 e. The first-order chi connectivity index (χ1) is 28.7. The highest BCUT2D eigenvalue weighted by Gasteiger charge is 2.22. The summed E-state index contributed by atoms with van der Waals surface area (Å²) >= 11 is 9.64. The van der Waals surface area contributed by atoms with Crippen LogP contribution in [0.25, 0.3) is 22.5 Å². The van der Waals surface area contributed by atoms with Crippen LogP contribution in [0, 0.1) is 23.7 Å². The van der Waals surface area contributed by atoms with Crippen LogP contribution in [0.2, 0.25) is 5.02 Å². The Hall–Kier alpha value is -2.61. The number of ether oxygens (including phenoxy) is 1. The normalized spacial score (nSPS) is 13.3. The molecule has 59 heavy (non-hydrogen) atoms. The second-order valence-corrected chi connectivity index (χ2v) is 18.9. The van der Waals surface area contributed by atoms with Gasteiger partial charge in [0.25, 0.3) is 0 Å². The van der Waals surface area contributed by atoms with E-state index in [1.54, 1.807) is 29.8 Å². The molecule has 4 atom stereocenters. The molecule has 0 aliphatic rings. The molecule has 330 valence electrons. The SMILES string of the molecule is CCCCC(CC)CN(CC(CC)CCCC)c1nc(-c2ccc(Cl)cc2)cs1.CCCCC(CC)CN(CC(CC)CCCC)c1nc(-c2cccc(OC)c2)cs1. The van der Waals surface area contributed by atoms with Gasteiger partial charge in [0.1, 0.15) is 5.75 Å². The molecule has 8 heteroatoms. The van der Waals surface area contributed by atoms with Gasteiger partial charge in [-0.15, -0.1) is 22.7 Å². The van der Waals surface area contributed by atoms with E-state index in [-0.39, 0.29) is 0 Å². The van der Waals surface area contributed by atoms with Crippen LogP contribution in [0.4, 0.5) is 10.3 Å². The topological polar surface area (TPSA) is 41.5 Å². The van der Waals surface area contributed by atoms with E-state index in [2.05, 4.69) is 100 Å². The Morgan fingerprint density at radius 3 is 1.29 bits per heavy atom. The molecule has 0 bridgehead atoms. The lowest BCUT2D eigenvalue weighted by molar-refractivity contribution is 0.403. The smallest absolute Gasteiger partial charge is 0.185 e. The molecule has 4 rings (SSSR count). The summed E-state index contributed by atoms with van der Waals surface area (Å²) in [4.78, 5) is 15.3. The van der Waals surface area contributed by atoms with Crippen LogP contribution >= 0.6 is 34.3 Å². The summed E-state index contributed by atoms with van der Waals surface area (Å²) in [5.74, 6) is 3.88. The Balaban J connectivity index is 0.000000316. The molecule has 5 nitrogen and oxygen atoms in total. The van der Waals surface area contributed by atoms with Crippen molar-refractivity contribution in [3.8, 4) is 28.3 Å². The molecular formula is C51H81ClN4OS2. The van der Waals surface area contributed by atoms with Gasteiger partial charge in [-0.1, -0.05) is 168 Å². The van der Waals surface area contributed by atoms with Gasteiger partial charge in [-0.05, 0) is 73.6 Å². The van der Waals surface area contributed by atoms with E-state index in [9.17, 15) is 0 Å². The molecular weight excluding hydrogens is 784 g/mol. The highest BCUT2D eigenvalue weighted by atomic mass is 35.5. The highest BCUT2D eigenvalue weighted by Crippen LogP contribution is 2.33. The van der Waals surface area contributed by atoms with Crippen LogP contribution in [-0.2, 0) is 0 Å². The quantitative estimate of drug-likeness (QED) is 0.0544. The van der Waals surface area contributed by atoms with E-state index in [4.69, 9.17) is 26.3 Å². The van der Waals surface area contributed by atoms with Crippen molar-refractivity contribution in [2.75, 3.05) is 43.1 Å². The maximum atomic E-state index is 6.06. The fourth-order valence-corrected chi connectivity index (χ4v) is 9.70. The lowest BCUT2D eigenvalue weighted by Gasteiger charge is -2.30. The van der Waals surface area contributed by atoms with Crippen LogP contribution in [0.3, 0.4) is 0 Å². The molecule has 0 N–H and O–H groups in total. The predicted octanol–water partition coefficient (Wildman–Crippen LogP) is 16.8. The van der Waals surface area contributed by atoms with Crippen molar-refractivity contribution in [1.29, 1.82) is 0 Å². The third-order valence-electron chi connectivity index (χ3n) is 12.1. The minimum Gasteiger partial charge on any atom is -0.497 e. The standard InChI is InChI=1S/C26H42N2OS.C25H39ClN2S/c1-6-10-13-21(8-3)18-28(19-22(9-4)14-11-7-2)26-27-25(20-30-26)23-15-12-16-24(17-23)29-5;1-5-9-11-20(7-3)17-28(18-21(8-4)12-10-6-2)25-27-24(19-29-25)22-13-15-23(26)16-14-22/h12,15-17,20-22H,6-11,13-14,18-19H2,1-5H3;13-16,19-21H,5-12,17-18H2,1-4H3. The average Bonchev–Trinajstić information content (AvgIpc) is 3.98. The molecule has 0 saturated heterocycles. The van der Waals surface area contributed by atoms with Crippen molar-refractivity contribution in [3.05, 3.63) is 64.3 Å². The van der Waals surface area contributed by atoms with Gasteiger partial charge in [0.15, 0.2) is 10.3 Å². The fourth-order valence-electron chi connectivity index (χ4n) is 7.86. The second kappa shape index (κ2) is 29.6. The molecule has 0 spiro atoms. The Labute approximate surface area is 374 Å². The van der Waals surface area contributed by atoms with Crippen molar-refractivity contribution in [3.63, 3.8) is 0 Å². The molecule has 0 fully saturated rings. The van der Waals surface area contributed by atoms with Crippen molar-refractivity contribution in [2.45, 2.75) is 158 Å². The fraction of sp³-hybridized carbons (Fsp3) is 0.647. The van der Waals surface area contributed by atoms with Gasteiger partial charge < -0.3 is 14.5 Å². The third-order valence-corrected chi connectivity index (χ3v) is 14.2. The molecule has 2 heterocycles. The molecule has 0 aliphatic carbocycles. The number of nitrogens with zero attached hydrogens (tertiary/aromatic N) is 4. The number of hydrogen-bond donors (Lipinski definition) is 0. The van der Waals surface area contributed by atoms with Crippen molar-refractivity contribution >= 4 is 44.5 Å². The molecule has 0 radical (unpaired) electrons. The molecule has 4 unspecified atom stereocenters. The first-order valence-corrected chi connectivity index (χ1v) is 25.7. The number of benzene rings is 2. The van der Waals surface area contributed by atoms with Crippen molar-refractivity contribution in [2.24, 2.45) is 23.7 Å². The van der Waals surface area contributed by atoms with E-state index in [1.165, 1.54) is 113 Å². The molecule has 2 aromatic carbocycles. The molecule has 0 aliphatic heterocycles. The van der Waals surface area contributed by atoms with Crippen molar-refractivity contribution < 1.29 is 4.74 Å². The number of thiazole rings is 2. The molecule has 0 amide bonds.